The van der Waals surface area contributed by atoms with Gasteiger partial charge in [0, 0.05) is 27.2 Å². The second-order valence-electron chi connectivity index (χ2n) is 7.18. The zero-order valence-electron chi connectivity index (χ0n) is 18.7. The monoisotopic (exact) mass is 570 g/mol. The fourth-order valence-corrected chi connectivity index (χ4v) is 4.64. The lowest BCUT2D eigenvalue weighted by molar-refractivity contribution is 0.0955. The van der Waals surface area contributed by atoms with Gasteiger partial charge in [-0.25, -0.2) is 10.4 Å². The summed E-state index contributed by atoms with van der Waals surface area (Å²) in [5, 5.41) is 10.7. The number of amides is 1. The van der Waals surface area contributed by atoms with E-state index in [1.165, 1.54) is 17.6 Å². The van der Waals surface area contributed by atoms with Crippen LogP contribution in [0.1, 0.15) is 15.9 Å². The third kappa shape index (κ3) is 6.19. The van der Waals surface area contributed by atoms with Gasteiger partial charge in [0.15, 0.2) is 16.6 Å². The molecule has 3 aromatic carbocycles. The van der Waals surface area contributed by atoms with Crippen molar-refractivity contribution in [3.05, 3.63) is 86.7 Å². The van der Waals surface area contributed by atoms with Crippen molar-refractivity contribution in [3.8, 4) is 22.8 Å². The SMILES string of the molecule is COc1cc(/C=N\NC(=O)c2ccc(-c3csc(Nc4ccc(Cl)cc4)n3)cc2)cc(Br)c1OC. The number of hydrogen-bond donors (Lipinski definition) is 2. The van der Waals surface area contributed by atoms with Gasteiger partial charge in [-0.05, 0) is 70.0 Å². The summed E-state index contributed by atoms with van der Waals surface area (Å²) in [6.07, 6.45) is 1.53. The Bertz CT molecular complexity index is 1360. The lowest BCUT2D eigenvalue weighted by Crippen LogP contribution is -2.17. The number of thiazole rings is 1. The molecule has 0 unspecified atom stereocenters. The van der Waals surface area contributed by atoms with E-state index in [-0.39, 0.29) is 5.91 Å². The van der Waals surface area contributed by atoms with Gasteiger partial charge >= 0.3 is 0 Å². The van der Waals surface area contributed by atoms with Crippen LogP contribution in [0.4, 0.5) is 10.8 Å². The van der Waals surface area contributed by atoms with Crippen LogP contribution in [0.3, 0.4) is 0 Å². The summed E-state index contributed by atoms with van der Waals surface area (Å²) < 4.78 is 11.3. The van der Waals surface area contributed by atoms with E-state index in [1.54, 1.807) is 32.4 Å². The third-order valence-electron chi connectivity index (χ3n) is 4.88. The maximum atomic E-state index is 12.5. The molecule has 0 radical (unpaired) electrons. The van der Waals surface area contributed by atoms with Gasteiger partial charge in [-0.1, -0.05) is 23.7 Å². The molecule has 4 rings (SSSR count). The van der Waals surface area contributed by atoms with Crippen molar-refractivity contribution in [1.29, 1.82) is 0 Å². The van der Waals surface area contributed by atoms with Crippen molar-refractivity contribution < 1.29 is 14.3 Å². The van der Waals surface area contributed by atoms with Crippen LogP contribution < -0.4 is 20.2 Å². The van der Waals surface area contributed by atoms with Gasteiger partial charge in [0.25, 0.3) is 5.91 Å². The van der Waals surface area contributed by atoms with Crippen molar-refractivity contribution in [1.82, 2.24) is 10.4 Å². The molecule has 35 heavy (non-hydrogen) atoms. The number of hydrazone groups is 1. The number of hydrogen-bond acceptors (Lipinski definition) is 7. The maximum Gasteiger partial charge on any atom is 0.271 e. The van der Waals surface area contributed by atoms with Gasteiger partial charge in [0.1, 0.15) is 0 Å². The van der Waals surface area contributed by atoms with Crippen LogP contribution in [0.2, 0.25) is 5.02 Å². The minimum Gasteiger partial charge on any atom is -0.493 e. The van der Waals surface area contributed by atoms with Crippen LogP contribution in [-0.4, -0.2) is 31.3 Å². The summed E-state index contributed by atoms with van der Waals surface area (Å²) in [7, 11) is 3.12. The summed E-state index contributed by atoms with van der Waals surface area (Å²) in [5.74, 6) is 0.816. The molecule has 0 spiro atoms. The Hall–Kier alpha value is -3.40. The standard InChI is InChI=1S/C25H20BrClN4O3S/c1-33-22-12-15(11-20(26)23(22)34-2)13-28-31-24(32)17-5-3-16(4-6-17)21-14-35-25(30-21)29-19-9-7-18(27)8-10-19/h3-14H,1-2H3,(H,29,30)(H,31,32)/b28-13-. The maximum absolute atomic E-state index is 12.5. The van der Waals surface area contributed by atoms with Gasteiger partial charge in [-0.2, -0.15) is 5.10 Å². The quantitative estimate of drug-likeness (QED) is 0.180. The van der Waals surface area contributed by atoms with E-state index in [0.29, 0.717) is 22.1 Å². The predicted octanol–water partition coefficient (Wildman–Crippen LogP) is 6.75. The highest BCUT2D eigenvalue weighted by molar-refractivity contribution is 9.10. The first-order valence-electron chi connectivity index (χ1n) is 10.3. The summed E-state index contributed by atoms with van der Waals surface area (Å²) >= 11 is 10.9. The molecule has 1 heterocycles. The normalized spacial score (nSPS) is 10.9. The molecular formula is C25H20BrClN4O3S. The van der Waals surface area contributed by atoms with Crippen molar-refractivity contribution in [2.24, 2.45) is 5.10 Å². The molecule has 7 nitrogen and oxygen atoms in total. The Morgan fingerprint density at radius 3 is 2.51 bits per heavy atom. The number of carbonyl (C=O) groups excluding carboxylic acids is 1. The first-order valence-corrected chi connectivity index (χ1v) is 12.4. The molecule has 2 N–H and O–H groups in total. The van der Waals surface area contributed by atoms with Gasteiger partial charge in [0.05, 0.1) is 30.6 Å². The van der Waals surface area contributed by atoms with Gasteiger partial charge in [-0.15, -0.1) is 11.3 Å². The van der Waals surface area contributed by atoms with E-state index in [4.69, 9.17) is 21.1 Å². The summed E-state index contributed by atoms with van der Waals surface area (Å²) in [5.41, 5.74) is 6.38. The minimum atomic E-state index is -0.323. The van der Waals surface area contributed by atoms with Gasteiger partial charge in [0.2, 0.25) is 0 Å². The van der Waals surface area contributed by atoms with Crippen LogP contribution in [0.5, 0.6) is 11.5 Å². The fraction of sp³-hybridized carbons (Fsp3) is 0.0800. The molecule has 1 amide bonds. The Morgan fingerprint density at radius 1 is 1.09 bits per heavy atom. The molecule has 0 aliphatic carbocycles. The first kappa shape index (κ1) is 24.7. The van der Waals surface area contributed by atoms with E-state index in [0.717, 1.165) is 32.1 Å². The number of anilines is 2. The smallest absolute Gasteiger partial charge is 0.271 e. The second-order valence-corrected chi connectivity index (χ2v) is 9.33. The molecule has 0 saturated heterocycles. The van der Waals surface area contributed by atoms with Crippen LogP contribution in [0, 0.1) is 0 Å². The number of nitrogens with zero attached hydrogens (tertiary/aromatic N) is 2. The first-order chi connectivity index (χ1) is 17.0. The van der Waals surface area contributed by atoms with Crippen molar-refractivity contribution in [2.75, 3.05) is 19.5 Å². The van der Waals surface area contributed by atoms with Crippen molar-refractivity contribution in [2.45, 2.75) is 0 Å². The number of benzene rings is 3. The summed E-state index contributed by atoms with van der Waals surface area (Å²) in [4.78, 5) is 17.1. The number of rotatable bonds is 8. The molecule has 178 valence electrons. The molecule has 0 bridgehead atoms. The van der Waals surface area contributed by atoms with Gasteiger partial charge < -0.3 is 14.8 Å². The number of methoxy groups -OCH3 is 2. The van der Waals surface area contributed by atoms with Crippen LogP contribution in [0.25, 0.3) is 11.3 Å². The predicted molar refractivity (Wildman–Crippen MR) is 145 cm³/mol. The fourth-order valence-electron chi connectivity index (χ4n) is 3.16. The molecule has 0 aliphatic rings. The van der Waals surface area contributed by atoms with E-state index < -0.39 is 0 Å². The Kier molecular flexibility index (Phi) is 8.02. The van der Waals surface area contributed by atoms with Crippen LogP contribution in [0.15, 0.2) is 75.6 Å². The van der Waals surface area contributed by atoms with Crippen LogP contribution in [-0.2, 0) is 0 Å². The number of halogens is 2. The lowest BCUT2D eigenvalue weighted by atomic mass is 10.1. The average Bonchev–Trinajstić information content (AvgIpc) is 3.33. The topological polar surface area (TPSA) is 84.8 Å². The highest BCUT2D eigenvalue weighted by Crippen LogP contribution is 2.35. The average molecular weight is 572 g/mol. The second kappa shape index (κ2) is 11.4. The van der Waals surface area contributed by atoms with E-state index >= 15 is 0 Å². The molecule has 4 aromatic rings. The number of nitrogens with one attached hydrogen (secondary N) is 2. The van der Waals surface area contributed by atoms with E-state index in [9.17, 15) is 4.79 Å². The molecule has 0 saturated carbocycles. The van der Waals surface area contributed by atoms with Crippen molar-refractivity contribution >= 4 is 61.8 Å². The lowest BCUT2D eigenvalue weighted by Gasteiger charge is -2.10. The van der Waals surface area contributed by atoms with E-state index in [2.05, 4.69) is 36.8 Å². The third-order valence-corrected chi connectivity index (χ3v) is 6.48. The minimum absolute atomic E-state index is 0.323. The zero-order chi connectivity index (χ0) is 24.8. The number of carbonyl (C=O) groups is 1. The molecule has 1 aromatic heterocycles. The van der Waals surface area contributed by atoms with Gasteiger partial charge in [-0.3, -0.25) is 4.79 Å². The van der Waals surface area contributed by atoms with Crippen molar-refractivity contribution in [3.63, 3.8) is 0 Å². The summed E-state index contributed by atoms with van der Waals surface area (Å²) in [6, 6.07) is 18.2. The molecule has 0 aliphatic heterocycles. The number of aromatic nitrogens is 1. The largest absolute Gasteiger partial charge is 0.493 e. The molecular weight excluding hydrogens is 552 g/mol. The Labute approximate surface area is 219 Å². The zero-order valence-corrected chi connectivity index (χ0v) is 21.9. The molecule has 0 fully saturated rings. The Morgan fingerprint density at radius 2 is 1.83 bits per heavy atom. The number of ether oxygens (including phenoxy) is 2. The molecule has 0 atom stereocenters. The highest BCUT2D eigenvalue weighted by Gasteiger charge is 2.11. The summed E-state index contributed by atoms with van der Waals surface area (Å²) in [6.45, 7) is 0. The highest BCUT2D eigenvalue weighted by atomic mass is 79.9. The van der Waals surface area contributed by atoms with E-state index in [1.807, 2.05) is 47.8 Å². The molecule has 10 heteroatoms. The Balaban J connectivity index is 1.38. The van der Waals surface area contributed by atoms with Crippen LogP contribution >= 0.6 is 38.9 Å².